The van der Waals surface area contributed by atoms with E-state index in [9.17, 15) is 32.7 Å². The zero-order chi connectivity index (χ0) is 37.3. The average Bonchev–Trinajstić information content (AvgIpc) is 3.12. The van der Waals surface area contributed by atoms with Crippen LogP contribution in [0, 0.1) is 18.8 Å². The number of benzene rings is 4. The van der Waals surface area contributed by atoms with Crippen molar-refractivity contribution in [1.82, 2.24) is 10.6 Å². The second-order valence-corrected chi connectivity index (χ2v) is 13.0. The maximum absolute atomic E-state index is 13.9. The number of aliphatic hydroxyl groups is 1. The first-order valence-corrected chi connectivity index (χ1v) is 16.6. The Hall–Kier alpha value is -5.00. The Morgan fingerprint density at radius 1 is 0.784 bits per heavy atom. The number of aliphatic hydroxyl groups excluding tert-OH is 1. The number of ketones is 1. The fraction of sp³-hybridized carbons (Fsp3) is 0.325. The molecule has 0 heterocycles. The molecular weight excluding hydrogens is 659 g/mol. The summed E-state index contributed by atoms with van der Waals surface area (Å²) in [7, 11) is 1.44. The van der Waals surface area contributed by atoms with Gasteiger partial charge in [-0.15, -0.1) is 0 Å². The molecule has 0 aliphatic rings. The maximum Gasteiger partial charge on any atom is 0.414 e. The number of hydrogen-bond acceptors (Lipinski definition) is 6. The smallest absolute Gasteiger partial charge is 0.414 e. The summed E-state index contributed by atoms with van der Waals surface area (Å²) in [6, 6.07) is 29.7. The van der Waals surface area contributed by atoms with Crippen LogP contribution in [0.1, 0.15) is 60.5 Å². The number of ether oxygens (including phenoxy) is 1. The van der Waals surface area contributed by atoms with E-state index in [1.807, 2.05) is 91.9 Å². The monoisotopic (exact) mass is 703 g/mol. The largest absolute Gasteiger partial charge is 0.497 e. The molecule has 4 aromatic carbocycles. The predicted octanol–water partition coefficient (Wildman–Crippen LogP) is 6.14. The lowest BCUT2D eigenvalue weighted by molar-refractivity contribution is -0.224. The Bertz CT molecular complexity index is 1710. The molecule has 0 saturated carbocycles. The van der Waals surface area contributed by atoms with E-state index >= 15 is 0 Å². The summed E-state index contributed by atoms with van der Waals surface area (Å²) in [5.41, 5.74) is 8.71. The zero-order valence-electron chi connectivity index (χ0n) is 29.0. The van der Waals surface area contributed by atoms with Gasteiger partial charge in [0.1, 0.15) is 17.3 Å². The van der Waals surface area contributed by atoms with Gasteiger partial charge in [-0.3, -0.25) is 14.4 Å². The highest BCUT2D eigenvalue weighted by Gasteiger charge is 2.46. The molecular formula is C40H44F3N3O5. The van der Waals surface area contributed by atoms with Crippen molar-refractivity contribution in [2.24, 2.45) is 17.6 Å². The van der Waals surface area contributed by atoms with Gasteiger partial charge in [0.05, 0.1) is 19.6 Å². The maximum atomic E-state index is 13.9. The van der Waals surface area contributed by atoms with E-state index in [-0.39, 0.29) is 5.56 Å². The van der Waals surface area contributed by atoms with Crippen molar-refractivity contribution in [3.63, 3.8) is 0 Å². The summed E-state index contributed by atoms with van der Waals surface area (Å²) < 4.78 is 45.7. The van der Waals surface area contributed by atoms with Crippen LogP contribution in [0.15, 0.2) is 109 Å². The molecule has 11 heteroatoms. The molecule has 0 bridgehead atoms. The first kappa shape index (κ1) is 38.8. The molecule has 0 radical (unpaired) electrons. The van der Waals surface area contributed by atoms with E-state index in [0.29, 0.717) is 5.75 Å². The number of carbonyl (C=O) groups excluding carboxylic acids is 3. The van der Waals surface area contributed by atoms with Crippen LogP contribution in [0.3, 0.4) is 0 Å². The minimum Gasteiger partial charge on any atom is -0.497 e. The van der Waals surface area contributed by atoms with Crippen molar-refractivity contribution in [2.75, 3.05) is 7.11 Å². The van der Waals surface area contributed by atoms with Crippen molar-refractivity contribution in [3.05, 3.63) is 137 Å². The van der Waals surface area contributed by atoms with Crippen molar-refractivity contribution in [3.8, 4) is 5.75 Å². The van der Waals surface area contributed by atoms with Crippen molar-refractivity contribution in [1.29, 1.82) is 0 Å². The average molecular weight is 704 g/mol. The van der Waals surface area contributed by atoms with Gasteiger partial charge >= 0.3 is 6.18 Å². The molecule has 0 aliphatic heterocycles. The van der Waals surface area contributed by atoms with E-state index in [0.717, 1.165) is 22.3 Å². The van der Waals surface area contributed by atoms with Gasteiger partial charge < -0.3 is 26.2 Å². The van der Waals surface area contributed by atoms with Crippen LogP contribution in [0.25, 0.3) is 0 Å². The number of Topliss-reactive ketones (excluding diaryl/α,β-unsaturated/α-hetero) is 1. The van der Waals surface area contributed by atoms with Gasteiger partial charge in [0.25, 0.3) is 0 Å². The van der Waals surface area contributed by atoms with Gasteiger partial charge in [-0.05, 0) is 47.2 Å². The third-order valence-electron chi connectivity index (χ3n) is 9.06. The fourth-order valence-electron chi connectivity index (χ4n) is 6.15. The number of rotatable bonds is 15. The van der Waals surface area contributed by atoms with Gasteiger partial charge in [-0.1, -0.05) is 116 Å². The van der Waals surface area contributed by atoms with Crippen LogP contribution in [0.4, 0.5) is 13.2 Å². The summed E-state index contributed by atoms with van der Waals surface area (Å²) >= 11 is 0. The van der Waals surface area contributed by atoms with Gasteiger partial charge in [-0.25, -0.2) is 0 Å². The topological polar surface area (TPSA) is 131 Å². The van der Waals surface area contributed by atoms with Gasteiger partial charge in [0.2, 0.25) is 11.8 Å². The summed E-state index contributed by atoms with van der Waals surface area (Å²) in [4.78, 5) is 41.2. The number of hydrogen-bond donors (Lipinski definition) is 4. The molecule has 0 aliphatic carbocycles. The SMILES string of the molecule is COc1ccc([C@H](NC(=O)[C@@H](N)CC(=O)NC(c2ccccc2)(c2ccccc2)c2ccc(C)cc2)C(=O)C[C@@H](C(C)C)[C@H](O)C(F)(F)F)cc1. The van der Waals surface area contributed by atoms with Gasteiger partial charge in [0.15, 0.2) is 11.9 Å². The van der Waals surface area contributed by atoms with Crippen LogP contribution < -0.4 is 21.1 Å². The molecule has 270 valence electrons. The highest BCUT2D eigenvalue weighted by molar-refractivity contribution is 5.94. The minimum atomic E-state index is -4.95. The lowest BCUT2D eigenvalue weighted by Gasteiger charge is -2.37. The highest BCUT2D eigenvalue weighted by Crippen LogP contribution is 2.37. The second kappa shape index (κ2) is 16.8. The molecule has 2 amide bonds. The molecule has 0 saturated heterocycles. The van der Waals surface area contributed by atoms with Crippen LogP contribution in [-0.2, 0) is 19.9 Å². The van der Waals surface area contributed by atoms with Crippen molar-refractivity contribution < 1.29 is 37.4 Å². The number of nitrogens with one attached hydrogen (secondary N) is 2. The lowest BCUT2D eigenvalue weighted by Crippen LogP contribution is -2.51. The number of carbonyl (C=O) groups is 3. The standard InChI is InChI=1S/C40H44F3N3O5/c1-25(2)32(37(49)40(41,42)43)23-34(47)36(27-17-21-31(51-4)22-18-27)45-38(50)33(44)24-35(48)46-39(28-11-7-5-8-12-28,29-13-9-6-10-14-29)30-19-15-26(3)16-20-30/h5-22,25,32-33,36-37,49H,23-24,44H2,1-4H3,(H,45,50)(H,46,48)/t32-,33-,36-,37-/m0/s1. The lowest BCUT2D eigenvalue weighted by atomic mass is 9.76. The summed E-state index contributed by atoms with van der Waals surface area (Å²) in [5.74, 6) is -3.93. The summed E-state index contributed by atoms with van der Waals surface area (Å²) in [5, 5.41) is 15.8. The second-order valence-electron chi connectivity index (χ2n) is 13.0. The highest BCUT2D eigenvalue weighted by atomic mass is 19.4. The minimum absolute atomic E-state index is 0.265. The first-order chi connectivity index (χ1) is 24.2. The fourth-order valence-corrected chi connectivity index (χ4v) is 6.15. The molecule has 0 spiro atoms. The van der Waals surface area contributed by atoms with Crippen LogP contribution >= 0.6 is 0 Å². The normalized spacial score (nSPS) is 14.2. The van der Waals surface area contributed by atoms with E-state index in [2.05, 4.69) is 10.6 Å². The van der Waals surface area contributed by atoms with E-state index in [4.69, 9.17) is 10.5 Å². The molecule has 0 fully saturated rings. The van der Waals surface area contributed by atoms with E-state index < -0.39 is 72.2 Å². The Balaban J connectivity index is 1.63. The Morgan fingerprint density at radius 2 is 1.29 bits per heavy atom. The van der Waals surface area contributed by atoms with E-state index in [1.54, 1.807) is 0 Å². The third-order valence-corrected chi connectivity index (χ3v) is 9.06. The molecule has 8 nitrogen and oxygen atoms in total. The van der Waals surface area contributed by atoms with Crippen molar-refractivity contribution >= 4 is 17.6 Å². The van der Waals surface area contributed by atoms with Gasteiger partial charge in [0, 0.05) is 12.3 Å². The van der Waals surface area contributed by atoms with Crippen LogP contribution in [0.2, 0.25) is 0 Å². The van der Waals surface area contributed by atoms with E-state index in [1.165, 1.54) is 45.2 Å². The molecule has 4 aromatic rings. The Kier molecular flexibility index (Phi) is 12.8. The molecule has 4 atom stereocenters. The number of amides is 2. The number of halogens is 3. The molecule has 5 N–H and O–H groups in total. The molecule has 0 aromatic heterocycles. The molecule has 0 unspecified atom stereocenters. The third kappa shape index (κ3) is 9.42. The zero-order valence-corrected chi connectivity index (χ0v) is 29.0. The number of nitrogens with two attached hydrogens (primary N) is 1. The molecule has 51 heavy (non-hydrogen) atoms. The van der Waals surface area contributed by atoms with Crippen molar-refractivity contribution in [2.45, 2.75) is 63.5 Å². The Morgan fingerprint density at radius 3 is 1.76 bits per heavy atom. The first-order valence-electron chi connectivity index (χ1n) is 16.6. The molecule has 4 rings (SSSR count). The number of alkyl halides is 3. The van der Waals surface area contributed by atoms with Crippen LogP contribution in [-0.4, -0.2) is 48.1 Å². The number of methoxy groups -OCH3 is 1. The van der Waals surface area contributed by atoms with Crippen LogP contribution in [0.5, 0.6) is 5.75 Å². The summed E-state index contributed by atoms with van der Waals surface area (Å²) in [6.07, 6.45) is -8.86. The predicted molar refractivity (Wildman–Crippen MR) is 189 cm³/mol. The summed E-state index contributed by atoms with van der Waals surface area (Å²) in [6.45, 7) is 4.91. The quantitative estimate of drug-likeness (QED) is 0.110. The Labute approximate surface area is 296 Å². The number of aryl methyl sites for hydroxylation is 1. The van der Waals surface area contributed by atoms with Gasteiger partial charge in [-0.2, -0.15) is 13.2 Å².